The van der Waals surface area contributed by atoms with Crippen LogP contribution >= 0.6 is 0 Å². The number of hydrogen-bond donors (Lipinski definition) is 2. The fourth-order valence-corrected chi connectivity index (χ4v) is 1.73. The van der Waals surface area contributed by atoms with Gasteiger partial charge in [-0.05, 0) is 35.0 Å². The Morgan fingerprint density at radius 1 is 1.00 bits per heavy atom. The molecule has 18 heavy (non-hydrogen) atoms. The van der Waals surface area contributed by atoms with E-state index >= 15 is 0 Å². The Morgan fingerprint density at radius 2 is 1.72 bits per heavy atom. The molecule has 0 aliphatic heterocycles. The largest absolute Gasteiger partial charge is 0.478 e. The molecule has 0 aromatic heterocycles. The highest BCUT2D eigenvalue weighted by Crippen LogP contribution is 2.21. The smallest absolute Gasteiger partial charge is 0.336 e. The topological polar surface area (TPSA) is 74.6 Å². The highest BCUT2D eigenvalue weighted by molar-refractivity contribution is 6.00. The van der Waals surface area contributed by atoms with Gasteiger partial charge in [-0.25, -0.2) is 9.59 Å². The summed E-state index contributed by atoms with van der Waals surface area (Å²) >= 11 is 0. The van der Waals surface area contributed by atoms with Crippen molar-refractivity contribution in [2.75, 3.05) is 0 Å². The first-order valence-corrected chi connectivity index (χ1v) is 5.04. The summed E-state index contributed by atoms with van der Waals surface area (Å²) in [5.74, 6) is 0.145. The minimum absolute atomic E-state index is 0.0353. The molecule has 0 fully saturated rings. The van der Waals surface area contributed by atoms with Gasteiger partial charge in [0.25, 0.3) is 0 Å². The molecule has 2 rings (SSSR count). The van der Waals surface area contributed by atoms with E-state index in [0.717, 1.165) is 0 Å². The number of hydrogen-bond acceptors (Lipinski definition) is 2. The zero-order chi connectivity index (χ0) is 13.3. The SMILES string of the molecule is C#Cc1cc2cc(C(=O)O)ccc2cc1C(=O)O. The fraction of sp³-hybridized carbons (Fsp3) is 0. The van der Waals surface area contributed by atoms with Gasteiger partial charge in [0.1, 0.15) is 0 Å². The molecule has 4 heteroatoms. The Kier molecular flexibility index (Phi) is 2.74. The number of fused-ring (bicyclic) bond motifs is 1. The van der Waals surface area contributed by atoms with Gasteiger partial charge in [0, 0.05) is 5.56 Å². The first-order valence-electron chi connectivity index (χ1n) is 5.04. The van der Waals surface area contributed by atoms with Crippen molar-refractivity contribution >= 4 is 22.7 Å². The number of carboxylic acids is 2. The van der Waals surface area contributed by atoms with Crippen LogP contribution in [0.2, 0.25) is 0 Å². The van der Waals surface area contributed by atoms with Crippen molar-refractivity contribution in [3.8, 4) is 12.3 Å². The molecule has 88 valence electrons. The highest BCUT2D eigenvalue weighted by Gasteiger charge is 2.11. The molecule has 0 aliphatic carbocycles. The Morgan fingerprint density at radius 3 is 2.28 bits per heavy atom. The molecule has 0 atom stereocenters. The third-order valence-electron chi connectivity index (χ3n) is 2.61. The molecule has 0 spiro atoms. The Labute approximate surface area is 102 Å². The molecule has 0 radical (unpaired) electrons. The molecule has 4 nitrogen and oxygen atoms in total. The summed E-state index contributed by atoms with van der Waals surface area (Å²) in [5.41, 5.74) is 0.402. The zero-order valence-electron chi connectivity index (χ0n) is 9.18. The third-order valence-corrected chi connectivity index (χ3v) is 2.61. The van der Waals surface area contributed by atoms with E-state index in [-0.39, 0.29) is 16.7 Å². The zero-order valence-corrected chi connectivity index (χ0v) is 9.18. The van der Waals surface area contributed by atoms with Gasteiger partial charge >= 0.3 is 11.9 Å². The second-order valence-corrected chi connectivity index (χ2v) is 3.71. The summed E-state index contributed by atoms with van der Waals surface area (Å²) < 4.78 is 0. The first kappa shape index (κ1) is 11.7. The maximum Gasteiger partial charge on any atom is 0.336 e. The van der Waals surface area contributed by atoms with Crippen LogP contribution in [0.3, 0.4) is 0 Å². The quantitative estimate of drug-likeness (QED) is 0.789. The molecule has 0 saturated heterocycles. The van der Waals surface area contributed by atoms with Gasteiger partial charge in [-0.15, -0.1) is 6.42 Å². The number of rotatable bonds is 2. The van der Waals surface area contributed by atoms with Gasteiger partial charge in [0.05, 0.1) is 11.1 Å². The van der Waals surface area contributed by atoms with E-state index < -0.39 is 11.9 Å². The summed E-state index contributed by atoms with van der Waals surface area (Å²) in [6.07, 6.45) is 5.25. The van der Waals surface area contributed by atoms with Crippen molar-refractivity contribution in [2.45, 2.75) is 0 Å². The number of carbonyl (C=O) groups is 2. The summed E-state index contributed by atoms with van der Waals surface area (Å²) in [7, 11) is 0. The highest BCUT2D eigenvalue weighted by atomic mass is 16.4. The minimum atomic E-state index is -1.10. The van der Waals surface area contributed by atoms with Crippen molar-refractivity contribution < 1.29 is 19.8 Å². The second-order valence-electron chi connectivity index (χ2n) is 3.71. The Hall–Kier alpha value is -2.80. The van der Waals surface area contributed by atoms with Gasteiger partial charge in [-0.1, -0.05) is 12.0 Å². The summed E-state index contributed by atoms with van der Waals surface area (Å²) in [5, 5.41) is 19.1. The van der Waals surface area contributed by atoms with Crippen LogP contribution in [0.5, 0.6) is 0 Å². The fourth-order valence-electron chi connectivity index (χ4n) is 1.73. The molecule has 2 N–H and O–H groups in total. The van der Waals surface area contributed by atoms with E-state index in [2.05, 4.69) is 5.92 Å². The number of terminal acetylenes is 1. The van der Waals surface area contributed by atoms with Gasteiger partial charge < -0.3 is 10.2 Å². The van der Waals surface area contributed by atoms with E-state index in [4.69, 9.17) is 16.6 Å². The van der Waals surface area contributed by atoms with Crippen molar-refractivity contribution in [2.24, 2.45) is 0 Å². The van der Waals surface area contributed by atoms with Gasteiger partial charge in [-0.3, -0.25) is 0 Å². The number of carboxylic acid groups (broad SMARTS) is 2. The Balaban J connectivity index is 2.76. The normalized spacial score (nSPS) is 9.94. The second kappa shape index (κ2) is 4.22. The lowest BCUT2D eigenvalue weighted by molar-refractivity contribution is 0.0685. The molecule has 2 aromatic carbocycles. The molecule has 0 amide bonds. The van der Waals surface area contributed by atoms with Crippen LogP contribution in [0.25, 0.3) is 10.8 Å². The average Bonchev–Trinajstić information content (AvgIpc) is 2.36. The van der Waals surface area contributed by atoms with Crippen molar-refractivity contribution in [3.05, 3.63) is 47.0 Å². The van der Waals surface area contributed by atoms with Crippen LogP contribution in [0.15, 0.2) is 30.3 Å². The first-order chi connectivity index (χ1) is 8.52. The predicted molar refractivity (Wildman–Crippen MR) is 65.8 cm³/mol. The minimum Gasteiger partial charge on any atom is -0.478 e. The van der Waals surface area contributed by atoms with E-state index in [1.807, 2.05) is 0 Å². The molecule has 0 bridgehead atoms. The van der Waals surface area contributed by atoms with E-state index in [9.17, 15) is 9.59 Å². The third kappa shape index (κ3) is 1.89. The number of aromatic carboxylic acids is 2. The maximum atomic E-state index is 11.0. The lowest BCUT2D eigenvalue weighted by atomic mass is 9.99. The maximum absolute atomic E-state index is 11.0. The van der Waals surface area contributed by atoms with Gasteiger partial charge in [-0.2, -0.15) is 0 Å². The van der Waals surface area contributed by atoms with E-state index in [0.29, 0.717) is 10.8 Å². The van der Waals surface area contributed by atoms with Gasteiger partial charge in [0.2, 0.25) is 0 Å². The lowest BCUT2D eigenvalue weighted by Gasteiger charge is -2.04. The molecule has 0 aliphatic rings. The van der Waals surface area contributed by atoms with Crippen LogP contribution in [-0.4, -0.2) is 22.2 Å². The standard InChI is InChI=1S/C14H8O4/c1-2-8-5-11-6-10(13(15)16)4-3-9(11)7-12(8)14(17)18/h1,3-7H,(H,15,16)(H,17,18). The summed E-state index contributed by atoms with van der Waals surface area (Å²) in [6.45, 7) is 0. The van der Waals surface area contributed by atoms with Crippen LogP contribution in [0.4, 0.5) is 0 Å². The monoisotopic (exact) mass is 240 g/mol. The Bertz CT molecular complexity index is 708. The molecule has 2 aromatic rings. The predicted octanol–water partition coefficient (Wildman–Crippen LogP) is 2.22. The molecular weight excluding hydrogens is 232 g/mol. The molecule has 0 heterocycles. The molecular formula is C14H8O4. The van der Waals surface area contributed by atoms with E-state index in [1.54, 1.807) is 6.07 Å². The van der Waals surface area contributed by atoms with Crippen LogP contribution < -0.4 is 0 Å². The molecule has 0 saturated carbocycles. The van der Waals surface area contributed by atoms with Crippen LogP contribution in [0.1, 0.15) is 26.3 Å². The summed E-state index contributed by atoms with van der Waals surface area (Å²) in [6, 6.07) is 7.39. The van der Waals surface area contributed by atoms with Crippen LogP contribution in [-0.2, 0) is 0 Å². The number of benzene rings is 2. The average molecular weight is 240 g/mol. The molecule has 0 unspecified atom stereocenters. The van der Waals surface area contributed by atoms with Gasteiger partial charge in [0.15, 0.2) is 0 Å². The van der Waals surface area contributed by atoms with E-state index in [1.165, 1.54) is 24.3 Å². The van der Waals surface area contributed by atoms with Crippen molar-refractivity contribution in [1.29, 1.82) is 0 Å². The summed E-state index contributed by atoms with van der Waals surface area (Å²) in [4.78, 5) is 21.8. The lowest BCUT2D eigenvalue weighted by Crippen LogP contribution is -2.01. The van der Waals surface area contributed by atoms with Crippen molar-refractivity contribution in [3.63, 3.8) is 0 Å². The van der Waals surface area contributed by atoms with Crippen LogP contribution in [0, 0.1) is 12.3 Å². The van der Waals surface area contributed by atoms with Crippen molar-refractivity contribution in [1.82, 2.24) is 0 Å².